The van der Waals surface area contributed by atoms with Gasteiger partial charge in [0, 0.05) is 0 Å². The van der Waals surface area contributed by atoms with Crippen LogP contribution in [0.5, 0.6) is 0 Å². The summed E-state index contributed by atoms with van der Waals surface area (Å²) < 4.78 is 52.6. The first-order valence-electron chi connectivity index (χ1n) is 5.71. The fourth-order valence-corrected chi connectivity index (χ4v) is 2.86. The minimum atomic E-state index is -4.18. The second kappa shape index (κ2) is 5.90. The van der Waals surface area contributed by atoms with Crippen LogP contribution in [-0.4, -0.2) is 19.5 Å². The molecule has 0 atom stereocenters. The Labute approximate surface area is 129 Å². The number of rotatable bonds is 4. The molecule has 0 aromatic heterocycles. The summed E-state index contributed by atoms with van der Waals surface area (Å²) in [6.45, 7) is 0. The van der Waals surface area contributed by atoms with Gasteiger partial charge in [0.05, 0.1) is 21.2 Å². The molecule has 2 aromatic rings. The Morgan fingerprint density at radius 2 is 1.73 bits per heavy atom. The molecule has 22 heavy (non-hydrogen) atoms. The summed E-state index contributed by atoms with van der Waals surface area (Å²) in [6.07, 6.45) is 0. The number of aromatic carboxylic acids is 1. The minimum Gasteiger partial charge on any atom is -0.478 e. The summed E-state index contributed by atoms with van der Waals surface area (Å²) >= 11 is 5.54. The van der Waals surface area contributed by atoms with Crippen LogP contribution in [-0.2, 0) is 10.0 Å². The highest BCUT2D eigenvalue weighted by Gasteiger charge is 2.19. The maximum absolute atomic E-state index is 13.3. The van der Waals surface area contributed by atoms with Crippen LogP contribution in [0.2, 0.25) is 5.02 Å². The van der Waals surface area contributed by atoms with Gasteiger partial charge in [0.25, 0.3) is 10.0 Å². The number of carboxylic acid groups (broad SMARTS) is 1. The van der Waals surface area contributed by atoms with Crippen LogP contribution in [0.1, 0.15) is 10.4 Å². The summed E-state index contributed by atoms with van der Waals surface area (Å²) in [5, 5.41) is 8.51. The van der Waals surface area contributed by atoms with Crippen molar-refractivity contribution in [1.29, 1.82) is 0 Å². The lowest BCUT2D eigenvalue weighted by molar-refractivity contribution is 0.0691. The molecule has 2 N–H and O–H groups in total. The van der Waals surface area contributed by atoms with E-state index in [1.165, 1.54) is 0 Å². The number of nitrogens with one attached hydrogen (secondary N) is 1. The Balaban J connectivity index is 2.40. The zero-order valence-electron chi connectivity index (χ0n) is 10.7. The fourth-order valence-electron chi connectivity index (χ4n) is 1.61. The normalized spacial score (nSPS) is 11.2. The van der Waals surface area contributed by atoms with Crippen molar-refractivity contribution < 1.29 is 27.1 Å². The van der Waals surface area contributed by atoms with Crippen molar-refractivity contribution in [2.75, 3.05) is 4.72 Å². The highest BCUT2D eigenvalue weighted by Crippen LogP contribution is 2.23. The Bertz CT molecular complexity index is 855. The van der Waals surface area contributed by atoms with Crippen LogP contribution >= 0.6 is 11.6 Å². The van der Waals surface area contributed by atoms with Crippen molar-refractivity contribution in [2.45, 2.75) is 4.90 Å². The molecule has 0 radical (unpaired) electrons. The van der Waals surface area contributed by atoms with Gasteiger partial charge >= 0.3 is 5.97 Å². The second-order valence-corrected chi connectivity index (χ2v) is 6.27. The number of carbonyl (C=O) groups is 1. The first-order valence-corrected chi connectivity index (χ1v) is 7.57. The number of anilines is 1. The standard InChI is InChI=1S/C13H8ClF2NO4S/c14-10-5-7(1-3-12(10)16)17-22(20,21)8-2-4-11(15)9(6-8)13(18)19/h1-6,17H,(H,18,19). The predicted molar refractivity (Wildman–Crippen MR) is 75.6 cm³/mol. The van der Waals surface area contributed by atoms with E-state index in [4.69, 9.17) is 16.7 Å². The molecule has 0 bridgehead atoms. The van der Waals surface area contributed by atoms with E-state index >= 15 is 0 Å². The van der Waals surface area contributed by atoms with Crippen LogP contribution < -0.4 is 4.72 Å². The number of benzene rings is 2. The molecule has 0 fully saturated rings. The van der Waals surface area contributed by atoms with E-state index in [2.05, 4.69) is 4.72 Å². The second-order valence-electron chi connectivity index (χ2n) is 4.18. The van der Waals surface area contributed by atoms with E-state index in [1.54, 1.807) is 0 Å². The predicted octanol–water partition coefficient (Wildman–Crippen LogP) is 3.12. The first-order chi connectivity index (χ1) is 10.2. The molecular formula is C13H8ClF2NO4S. The summed E-state index contributed by atoms with van der Waals surface area (Å²) in [6, 6.07) is 5.49. The van der Waals surface area contributed by atoms with E-state index in [0.29, 0.717) is 6.07 Å². The van der Waals surface area contributed by atoms with Gasteiger partial charge in [0.15, 0.2) is 0 Å². The molecule has 0 spiro atoms. The van der Waals surface area contributed by atoms with Crippen LogP contribution in [0.3, 0.4) is 0 Å². The van der Waals surface area contributed by atoms with E-state index in [0.717, 1.165) is 30.3 Å². The Morgan fingerprint density at radius 1 is 1.09 bits per heavy atom. The number of hydrogen-bond acceptors (Lipinski definition) is 3. The molecule has 0 aliphatic carbocycles. The lowest BCUT2D eigenvalue weighted by Gasteiger charge is -2.09. The lowest BCUT2D eigenvalue weighted by atomic mass is 10.2. The first kappa shape index (κ1) is 16.2. The smallest absolute Gasteiger partial charge is 0.338 e. The van der Waals surface area contributed by atoms with Gasteiger partial charge in [0.1, 0.15) is 11.6 Å². The molecule has 0 aliphatic heterocycles. The highest BCUT2D eigenvalue weighted by atomic mass is 35.5. The molecule has 2 aromatic carbocycles. The molecule has 0 saturated heterocycles. The van der Waals surface area contributed by atoms with Gasteiger partial charge in [-0.2, -0.15) is 0 Å². The number of halogens is 3. The summed E-state index contributed by atoms with van der Waals surface area (Å²) in [5.41, 5.74) is -0.799. The third kappa shape index (κ3) is 3.34. The van der Waals surface area contributed by atoms with Crippen molar-refractivity contribution in [3.63, 3.8) is 0 Å². The van der Waals surface area contributed by atoms with Gasteiger partial charge in [0.2, 0.25) is 0 Å². The van der Waals surface area contributed by atoms with Crippen molar-refractivity contribution in [3.05, 3.63) is 58.6 Å². The lowest BCUT2D eigenvalue weighted by Crippen LogP contribution is -2.14. The zero-order chi connectivity index (χ0) is 16.5. The molecule has 2 rings (SSSR count). The van der Waals surface area contributed by atoms with Gasteiger partial charge in [-0.3, -0.25) is 4.72 Å². The minimum absolute atomic E-state index is 0.0207. The Morgan fingerprint density at radius 3 is 2.32 bits per heavy atom. The molecule has 0 amide bonds. The molecule has 116 valence electrons. The molecule has 0 aliphatic rings. The Kier molecular flexibility index (Phi) is 4.34. The van der Waals surface area contributed by atoms with Crippen LogP contribution in [0.15, 0.2) is 41.3 Å². The Hall–Kier alpha value is -2.19. The largest absolute Gasteiger partial charge is 0.478 e. The number of sulfonamides is 1. The molecule has 0 unspecified atom stereocenters. The quantitative estimate of drug-likeness (QED) is 0.890. The van der Waals surface area contributed by atoms with Crippen LogP contribution in [0.4, 0.5) is 14.5 Å². The third-order valence-electron chi connectivity index (χ3n) is 2.65. The fraction of sp³-hybridized carbons (Fsp3) is 0. The van der Waals surface area contributed by atoms with E-state index in [9.17, 15) is 22.0 Å². The van der Waals surface area contributed by atoms with Gasteiger partial charge in [-0.25, -0.2) is 22.0 Å². The van der Waals surface area contributed by atoms with Crippen LogP contribution in [0.25, 0.3) is 0 Å². The van der Waals surface area contributed by atoms with Crippen molar-refractivity contribution in [3.8, 4) is 0 Å². The van der Waals surface area contributed by atoms with Gasteiger partial charge < -0.3 is 5.11 Å². The van der Waals surface area contributed by atoms with E-state index in [1.807, 2.05) is 0 Å². The summed E-state index contributed by atoms with van der Waals surface area (Å²) in [7, 11) is -4.18. The van der Waals surface area contributed by atoms with Crippen molar-refractivity contribution in [2.24, 2.45) is 0 Å². The SMILES string of the molecule is O=C(O)c1cc(S(=O)(=O)Nc2ccc(F)c(Cl)c2)ccc1F. The summed E-state index contributed by atoms with van der Waals surface area (Å²) in [4.78, 5) is 10.4. The monoisotopic (exact) mass is 347 g/mol. The molecule has 0 heterocycles. The van der Waals surface area contributed by atoms with E-state index < -0.39 is 38.1 Å². The maximum Gasteiger partial charge on any atom is 0.338 e. The summed E-state index contributed by atoms with van der Waals surface area (Å²) in [5.74, 6) is -3.38. The van der Waals surface area contributed by atoms with Crippen molar-refractivity contribution in [1.82, 2.24) is 0 Å². The molecule has 5 nitrogen and oxygen atoms in total. The third-order valence-corrected chi connectivity index (χ3v) is 4.32. The van der Waals surface area contributed by atoms with Crippen LogP contribution in [0, 0.1) is 11.6 Å². The highest BCUT2D eigenvalue weighted by molar-refractivity contribution is 7.92. The van der Waals surface area contributed by atoms with E-state index in [-0.39, 0.29) is 10.7 Å². The zero-order valence-corrected chi connectivity index (χ0v) is 12.3. The van der Waals surface area contributed by atoms with Gasteiger partial charge in [-0.15, -0.1) is 0 Å². The topological polar surface area (TPSA) is 83.5 Å². The average molecular weight is 348 g/mol. The molecule has 9 heteroatoms. The van der Waals surface area contributed by atoms with Gasteiger partial charge in [-0.05, 0) is 36.4 Å². The van der Waals surface area contributed by atoms with Crippen molar-refractivity contribution >= 4 is 33.3 Å². The molecular weight excluding hydrogens is 340 g/mol. The maximum atomic E-state index is 13.3. The number of hydrogen-bond donors (Lipinski definition) is 2. The number of carboxylic acids is 1. The molecule has 0 saturated carbocycles. The average Bonchev–Trinajstić information content (AvgIpc) is 2.42. The van der Waals surface area contributed by atoms with Gasteiger partial charge in [-0.1, -0.05) is 11.6 Å².